The number of nitrogens with zero attached hydrogens (tertiary/aromatic N) is 3. The van der Waals surface area contributed by atoms with Crippen molar-refractivity contribution in [1.29, 1.82) is 0 Å². The zero-order chi connectivity index (χ0) is 17.3. The molecule has 7 nitrogen and oxygen atoms in total. The van der Waals surface area contributed by atoms with Crippen molar-refractivity contribution in [3.8, 4) is 0 Å². The van der Waals surface area contributed by atoms with Crippen molar-refractivity contribution < 1.29 is 14.3 Å². The van der Waals surface area contributed by atoms with Gasteiger partial charge in [-0.1, -0.05) is 0 Å². The molecule has 1 aromatic heterocycles. The van der Waals surface area contributed by atoms with Gasteiger partial charge in [-0.15, -0.1) is 0 Å². The smallest absolute Gasteiger partial charge is 0.228 e. The van der Waals surface area contributed by atoms with Crippen LogP contribution in [0.5, 0.6) is 0 Å². The van der Waals surface area contributed by atoms with Gasteiger partial charge < -0.3 is 15.0 Å². The van der Waals surface area contributed by atoms with Crippen molar-refractivity contribution in [2.75, 3.05) is 26.7 Å². The van der Waals surface area contributed by atoms with Crippen molar-refractivity contribution in [2.24, 2.45) is 11.8 Å². The van der Waals surface area contributed by atoms with Gasteiger partial charge in [0.25, 0.3) is 0 Å². The fourth-order valence-electron chi connectivity index (χ4n) is 3.57. The van der Waals surface area contributed by atoms with E-state index in [0.29, 0.717) is 19.7 Å². The monoisotopic (exact) mass is 334 g/mol. The fraction of sp³-hybridized carbons (Fsp3) is 0.706. The van der Waals surface area contributed by atoms with Crippen LogP contribution < -0.4 is 5.32 Å². The molecule has 132 valence electrons. The Labute approximate surface area is 142 Å². The van der Waals surface area contributed by atoms with Gasteiger partial charge in [0.05, 0.1) is 17.5 Å². The summed E-state index contributed by atoms with van der Waals surface area (Å²) < 4.78 is 7.90. The van der Waals surface area contributed by atoms with Crippen molar-refractivity contribution in [3.05, 3.63) is 18.0 Å². The van der Waals surface area contributed by atoms with Crippen molar-refractivity contribution in [2.45, 2.75) is 38.8 Å². The van der Waals surface area contributed by atoms with Gasteiger partial charge in [0.1, 0.15) is 6.10 Å². The number of rotatable bonds is 4. The van der Waals surface area contributed by atoms with E-state index < -0.39 is 0 Å². The summed E-state index contributed by atoms with van der Waals surface area (Å²) >= 11 is 0. The lowest BCUT2D eigenvalue weighted by atomic mass is 9.88. The van der Waals surface area contributed by atoms with Crippen LogP contribution in [0, 0.1) is 11.8 Å². The van der Waals surface area contributed by atoms with E-state index in [1.165, 1.54) is 0 Å². The van der Waals surface area contributed by atoms with Gasteiger partial charge >= 0.3 is 0 Å². The number of hydrogen-bond donors (Lipinski definition) is 1. The third kappa shape index (κ3) is 3.05. The molecule has 3 rings (SSSR count). The second kappa shape index (κ2) is 6.93. The molecule has 0 saturated carbocycles. The lowest BCUT2D eigenvalue weighted by Gasteiger charge is -2.42. The SMILES string of the molecule is CNC(=O)C1CN(C(=O)[C@@H]2CCCO[C@H]2c2ccnn2C(C)C)C1. The van der Waals surface area contributed by atoms with Crippen LogP contribution in [0.25, 0.3) is 0 Å². The van der Waals surface area contributed by atoms with E-state index in [4.69, 9.17) is 4.74 Å². The molecule has 0 aromatic carbocycles. The molecule has 2 saturated heterocycles. The summed E-state index contributed by atoms with van der Waals surface area (Å²) in [7, 11) is 1.63. The molecule has 2 atom stereocenters. The van der Waals surface area contributed by atoms with E-state index in [9.17, 15) is 9.59 Å². The predicted molar refractivity (Wildman–Crippen MR) is 88.2 cm³/mol. The zero-order valence-electron chi connectivity index (χ0n) is 14.6. The number of nitrogens with one attached hydrogen (secondary N) is 1. The standard InChI is InChI=1S/C17H26N4O3/c1-11(2)21-14(6-7-19-21)15-13(5-4-8-24-15)17(23)20-9-12(10-20)16(22)18-3/h6-7,11-13,15H,4-5,8-10H2,1-3H3,(H,18,22)/t13-,15-/m1/s1. The maximum atomic E-state index is 12.9. The number of ether oxygens (including phenoxy) is 1. The van der Waals surface area contributed by atoms with Gasteiger partial charge in [0, 0.05) is 39.0 Å². The molecule has 2 fully saturated rings. The molecule has 0 unspecified atom stereocenters. The number of carbonyl (C=O) groups excluding carboxylic acids is 2. The average molecular weight is 334 g/mol. The van der Waals surface area contributed by atoms with E-state index in [2.05, 4.69) is 24.3 Å². The molecule has 0 radical (unpaired) electrons. The van der Waals surface area contributed by atoms with Crippen LogP contribution in [0.3, 0.4) is 0 Å². The fourth-order valence-corrected chi connectivity index (χ4v) is 3.57. The Hall–Kier alpha value is -1.89. The molecule has 0 spiro atoms. The Morgan fingerprint density at radius 3 is 2.79 bits per heavy atom. The third-order valence-electron chi connectivity index (χ3n) is 4.93. The largest absolute Gasteiger partial charge is 0.371 e. The molecule has 7 heteroatoms. The highest BCUT2D eigenvalue weighted by molar-refractivity contribution is 5.85. The molecular weight excluding hydrogens is 308 g/mol. The van der Waals surface area contributed by atoms with E-state index in [1.807, 2.05) is 10.7 Å². The summed E-state index contributed by atoms with van der Waals surface area (Å²) in [6.07, 6.45) is 3.21. The van der Waals surface area contributed by atoms with Gasteiger partial charge in [-0.3, -0.25) is 14.3 Å². The van der Waals surface area contributed by atoms with Crippen molar-refractivity contribution in [3.63, 3.8) is 0 Å². The van der Waals surface area contributed by atoms with Crippen LogP contribution in [-0.2, 0) is 14.3 Å². The number of likely N-dealkylation sites (tertiary alicyclic amines) is 1. The normalized spacial score (nSPS) is 24.8. The van der Waals surface area contributed by atoms with Crippen molar-refractivity contribution in [1.82, 2.24) is 20.0 Å². The lowest BCUT2D eigenvalue weighted by molar-refractivity contribution is -0.154. The number of aromatic nitrogens is 2. The minimum Gasteiger partial charge on any atom is -0.371 e. The summed E-state index contributed by atoms with van der Waals surface area (Å²) in [6.45, 7) is 5.81. The molecular formula is C17H26N4O3. The second-order valence-corrected chi connectivity index (χ2v) is 6.89. The summed E-state index contributed by atoms with van der Waals surface area (Å²) in [5.41, 5.74) is 0.964. The Bertz CT molecular complexity index is 607. The first-order valence-corrected chi connectivity index (χ1v) is 8.68. The maximum Gasteiger partial charge on any atom is 0.228 e. The molecule has 2 aliphatic heterocycles. The van der Waals surface area contributed by atoms with Crippen LogP contribution in [0.1, 0.15) is 44.5 Å². The zero-order valence-corrected chi connectivity index (χ0v) is 14.6. The molecule has 24 heavy (non-hydrogen) atoms. The van der Waals surface area contributed by atoms with Gasteiger partial charge in [-0.25, -0.2) is 0 Å². The minimum atomic E-state index is -0.254. The molecule has 0 aliphatic carbocycles. The third-order valence-corrected chi connectivity index (χ3v) is 4.93. The second-order valence-electron chi connectivity index (χ2n) is 6.89. The predicted octanol–water partition coefficient (Wildman–Crippen LogP) is 1.14. The highest BCUT2D eigenvalue weighted by Gasteiger charge is 2.42. The van der Waals surface area contributed by atoms with E-state index in [0.717, 1.165) is 18.5 Å². The van der Waals surface area contributed by atoms with Crippen LogP contribution in [0.15, 0.2) is 12.3 Å². The summed E-state index contributed by atoms with van der Waals surface area (Å²) in [5.74, 6) is -0.175. The number of hydrogen-bond acceptors (Lipinski definition) is 4. The van der Waals surface area contributed by atoms with Crippen LogP contribution in [-0.4, -0.2) is 53.2 Å². The highest BCUT2D eigenvalue weighted by atomic mass is 16.5. The molecule has 1 N–H and O–H groups in total. The number of amides is 2. The summed E-state index contributed by atoms with van der Waals surface area (Å²) in [6, 6.07) is 2.16. The Kier molecular flexibility index (Phi) is 4.89. The molecule has 1 aromatic rings. The highest BCUT2D eigenvalue weighted by Crippen LogP contribution is 2.36. The maximum absolute atomic E-state index is 12.9. The summed E-state index contributed by atoms with van der Waals surface area (Å²) in [4.78, 5) is 26.3. The van der Waals surface area contributed by atoms with E-state index in [1.54, 1.807) is 18.1 Å². The van der Waals surface area contributed by atoms with E-state index in [-0.39, 0.29) is 35.8 Å². The molecule has 2 aliphatic rings. The number of carbonyl (C=O) groups is 2. The van der Waals surface area contributed by atoms with Crippen LogP contribution >= 0.6 is 0 Å². The lowest BCUT2D eigenvalue weighted by Crippen LogP contribution is -2.57. The minimum absolute atomic E-state index is 0.00776. The molecule has 2 amide bonds. The van der Waals surface area contributed by atoms with Gasteiger partial charge in [-0.2, -0.15) is 5.10 Å². The van der Waals surface area contributed by atoms with Gasteiger partial charge in [0.2, 0.25) is 11.8 Å². The quantitative estimate of drug-likeness (QED) is 0.896. The average Bonchev–Trinajstić information content (AvgIpc) is 3.02. The Morgan fingerprint density at radius 1 is 1.38 bits per heavy atom. The first-order valence-electron chi connectivity index (χ1n) is 8.68. The first kappa shape index (κ1) is 17.0. The van der Waals surface area contributed by atoms with Gasteiger partial charge in [0.15, 0.2) is 0 Å². The molecule has 0 bridgehead atoms. The topological polar surface area (TPSA) is 76.5 Å². The van der Waals surface area contributed by atoms with E-state index >= 15 is 0 Å². The van der Waals surface area contributed by atoms with Gasteiger partial charge in [-0.05, 0) is 32.8 Å². The Morgan fingerprint density at radius 2 is 2.12 bits per heavy atom. The first-order chi connectivity index (χ1) is 11.5. The molecule has 3 heterocycles. The van der Waals surface area contributed by atoms with Crippen LogP contribution in [0.4, 0.5) is 0 Å². The Balaban J connectivity index is 1.72. The van der Waals surface area contributed by atoms with Crippen LogP contribution in [0.2, 0.25) is 0 Å². The summed E-state index contributed by atoms with van der Waals surface area (Å²) in [5, 5.41) is 7.01. The van der Waals surface area contributed by atoms with Crippen molar-refractivity contribution >= 4 is 11.8 Å².